The van der Waals surface area contributed by atoms with Gasteiger partial charge in [0.1, 0.15) is 6.33 Å². The van der Waals surface area contributed by atoms with Crippen molar-refractivity contribution in [3.63, 3.8) is 0 Å². The number of anilines is 1. The summed E-state index contributed by atoms with van der Waals surface area (Å²) >= 11 is 0. The summed E-state index contributed by atoms with van der Waals surface area (Å²) in [7, 11) is 2.14. The summed E-state index contributed by atoms with van der Waals surface area (Å²) in [5.41, 5.74) is 0. The molecule has 2 fully saturated rings. The van der Waals surface area contributed by atoms with E-state index < -0.39 is 0 Å². The van der Waals surface area contributed by atoms with E-state index in [9.17, 15) is 4.79 Å². The van der Waals surface area contributed by atoms with Crippen LogP contribution in [0.1, 0.15) is 19.3 Å². The van der Waals surface area contributed by atoms with Gasteiger partial charge in [-0.1, -0.05) is 6.42 Å². The van der Waals surface area contributed by atoms with Crippen LogP contribution >= 0.6 is 0 Å². The summed E-state index contributed by atoms with van der Waals surface area (Å²) in [4.78, 5) is 22.8. The maximum absolute atomic E-state index is 12.3. The molecular formula is C14H25N7O. The average Bonchev–Trinajstić information content (AvgIpc) is 3.08. The van der Waals surface area contributed by atoms with Crippen LogP contribution in [-0.4, -0.2) is 83.4 Å². The normalized spacial score (nSPS) is 23.6. The van der Waals surface area contributed by atoms with Crippen molar-refractivity contribution in [1.82, 2.24) is 30.3 Å². The van der Waals surface area contributed by atoms with Gasteiger partial charge in [0.25, 0.3) is 0 Å². The topological polar surface area (TPSA) is 80.4 Å². The predicted molar refractivity (Wildman–Crippen MR) is 83.8 cm³/mol. The van der Waals surface area contributed by atoms with E-state index in [1.165, 1.54) is 25.6 Å². The number of rotatable bonds is 3. The SMILES string of the molecule is CN1CCCC[C@H]1CNC(=O)N1CCN(c2ncn[nH]2)CC1. The summed E-state index contributed by atoms with van der Waals surface area (Å²) in [6.45, 7) is 4.88. The number of carbonyl (C=O) groups excluding carboxylic acids is 1. The number of hydrogen-bond acceptors (Lipinski definition) is 5. The third kappa shape index (κ3) is 3.49. The van der Waals surface area contributed by atoms with Crippen LogP contribution in [0.15, 0.2) is 6.33 Å². The number of nitrogens with one attached hydrogen (secondary N) is 2. The van der Waals surface area contributed by atoms with Crippen molar-refractivity contribution in [3.8, 4) is 0 Å². The number of nitrogens with zero attached hydrogens (tertiary/aromatic N) is 5. The highest BCUT2D eigenvalue weighted by atomic mass is 16.2. The second-order valence-electron chi connectivity index (χ2n) is 6.10. The number of urea groups is 1. The number of hydrogen-bond donors (Lipinski definition) is 2. The van der Waals surface area contributed by atoms with Gasteiger partial charge in [-0.15, -0.1) is 0 Å². The maximum Gasteiger partial charge on any atom is 0.317 e. The Morgan fingerprint density at radius 1 is 1.32 bits per heavy atom. The fraction of sp³-hybridized carbons (Fsp3) is 0.786. The second-order valence-corrected chi connectivity index (χ2v) is 6.10. The number of piperazine rings is 1. The molecule has 3 rings (SSSR count). The Morgan fingerprint density at radius 2 is 2.14 bits per heavy atom. The van der Waals surface area contributed by atoms with E-state index in [1.807, 2.05) is 4.90 Å². The van der Waals surface area contributed by atoms with Crippen molar-refractivity contribution in [2.24, 2.45) is 0 Å². The van der Waals surface area contributed by atoms with Gasteiger partial charge in [0, 0.05) is 38.8 Å². The van der Waals surface area contributed by atoms with Gasteiger partial charge in [-0.25, -0.2) is 9.89 Å². The molecule has 8 heteroatoms. The lowest BCUT2D eigenvalue weighted by Gasteiger charge is -2.36. The summed E-state index contributed by atoms with van der Waals surface area (Å²) < 4.78 is 0. The lowest BCUT2D eigenvalue weighted by atomic mass is 10.0. The molecule has 2 N–H and O–H groups in total. The van der Waals surface area contributed by atoms with E-state index in [2.05, 4.69) is 37.3 Å². The fourth-order valence-corrected chi connectivity index (χ4v) is 3.19. The van der Waals surface area contributed by atoms with Crippen molar-refractivity contribution < 1.29 is 4.79 Å². The van der Waals surface area contributed by atoms with Crippen molar-refractivity contribution >= 4 is 12.0 Å². The first-order valence-electron chi connectivity index (χ1n) is 8.07. The quantitative estimate of drug-likeness (QED) is 0.829. The Balaban J connectivity index is 1.42. The minimum absolute atomic E-state index is 0.0520. The molecule has 1 atom stereocenters. The Morgan fingerprint density at radius 3 is 2.82 bits per heavy atom. The molecule has 2 amide bonds. The molecule has 0 aliphatic carbocycles. The van der Waals surface area contributed by atoms with Gasteiger partial charge >= 0.3 is 6.03 Å². The van der Waals surface area contributed by atoms with E-state index in [0.29, 0.717) is 19.1 Å². The average molecular weight is 307 g/mol. The number of aromatic nitrogens is 3. The van der Waals surface area contributed by atoms with Crippen LogP contribution in [0.3, 0.4) is 0 Å². The third-order valence-electron chi connectivity index (χ3n) is 4.68. The monoisotopic (exact) mass is 307 g/mol. The molecule has 1 aromatic rings. The summed E-state index contributed by atoms with van der Waals surface area (Å²) in [5, 5.41) is 9.82. The van der Waals surface area contributed by atoms with Crippen LogP contribution in [0.2, 0.25) is 0 Å². The zero-order chi connectivity index (χ0) is 15.4. The highest BCUT2D eigenvalue weighted by molar-refractivity contribution is 5.74. The van der Waals surface area contributed by atoms with Gasteiger partial charge in [-0.05, 0) is 26.4 Å². The fourth-order valence-electron chi connectivity index (χ4n) is 3.19. The molecule has 8 nitrogen and oxygen atoms in total. The number of carbonyl (C=O) groups is 1. The molecule has 3 heterocycles. The second kappa shape index (κ2) is 6.95. The lowest BCUT2D eigenvalue weighted by Crippen LogP contribution is -2.54. The van der Waals surface area contributed by atoms with Crippen LogP contribution in [0.25, 0.3) is 0 Å². The Bertz CT molecular complexity index is 470. The van der Waals surface area contributed by atoms with Gasteiger partial charge in [0.05, 0.1) is 0 Å². The largest absolute Gasteiger partial charge is 0.338 e. The van der Waals surface area contributed by atoms with Crippen LogP contribution in [0, 0.1) is 0 Å². The molecule has 0 radical (unpaired) electrons. The molecule has 1 aromatic heterocycles. The number of H-pyrrole nitrogens is 1. The number of likely N-dealkylation sites (N-methyl/N-ethyl adjacent to an activating group) is 1. The zero-order valence-electron chi connectivity index (χ0n) is 13.2. The van der Waals surface area contributed by atoms with Crippen LogP contribution in [0.5, 0.6) is 0 Å². The predicted octanol–water partition coefficient (Wildman–Crippen LogP) is 0.121. The van der Waals surface area contributed by atoms with Gasteiger partial charge in [-0.2, -0.15) is 10.1 Å². The van der Waals surface area contributed by atoms with E-state index >= 15 is 0 Å². The third-order valence-corrected chi connectivity index (χ3v) is 4.68. The molecule has 22 heavy (non-hydrogen) atoms. The number of aromatic amines is 1. The van der Waals surface area contributed by atoms with Gasteiger partial charge < -0.3 is 20.0 Å². The summed E-state index contributed by atoms with van der Waals surface area (Å²) in [5.74, 6) is 0.781. The van der Waals surface area contributed by atoms with Crippen molar-refractivity contribution in [3.05, 3.63) is 6.33 Å². The van der Waals surface area contributed by atoms with Gasteiger partial charge in [0.15, 0.2) is 0 Å². The molecular weight excluding hydrogens is 282 g/mol. The first kappa shape index (κ1) is 15.1. The number of likely N-dealkylation sites (tertiary alicyclic amines) is 1. The van der Waals surface area contributed by atoms with E-state index in [1.54, 1.807) is 0 Å². The Hall–Kier alpha value is -1.83. The molecule has 122 valence electrons. The molecule has 0 unspecified atom stereocenters. The van der Waals surface area contributed by atoms with Gasteiger partial charge in [0.2, 0.25) is 5.95 Å². The van der Waals surface area contributed by atoms with E-state index in [-0.39, 0.29) is 6.03 Å². The van der Waals surface area contributed by atoms with Crippen LogP contribution in [0.4, 0.5) is 10.7 Å². The number of amides is 2. The lowest BCUT2D eigenvalue weighted by molar-refractivity contribution is 0.167. The smallest absolute Gasteiger partial charge is 0.317 e. The number of piperidine rings is 1. The summed E-state index contributed by atoms with van der Waals surface area (Å²) in [6.07, 6.45) is 5.22. The first-order valence-corrected chi connectivity index (χ1v) is 8.07. The van der Waals surface area contributed by atoms with E-state index in [4.69, 9.17) is 0 Å². The standard InChI is InChI=1S/C14H25N7O/c1-19-5-3-2-4-12(19)10-15-14(22)21-8-6-20(7-9-21)13-16-11-17-18-13/h11-12H,2-10H2,1H3,(H,15,22)(H,16,17,18)/t12-/m0/s1. The minimum atomic E-state index is 0.0520. The molecule has 2 aliphatic heterocycles. The maximum atomic E-state index is 12.3. The molecule has 2 aliphatic rings. The van der Waals surface area contributed by atoms with Crippen molar-refractivity contribution in [1.29, 1.82) is 0 Å². The first-order chi connectivity index (χ1) is 10.7. The highest BCUT2D eigenvalue weighted by Gasteiger charge is 2.24. The molecule has 0 bridgehead atoms. The van der Waals surface area contributed by atoms with Crippen LogP contribution < -0.4 is 10.2 Å². The Labute approximate surface area is 130 Å². The minimum Gasteiger partial charge on any atom is -0.338 e. The molecule has 2 saturated heterocycles. The van der Waals surface area contributed by atoms with E-state index in [0.717, 1.165) is 32.1 Å². The molecule has 0 saturated carbocycles. The van der Waals surface area contributed by atoms with Crippen molar-refractivity contribution in [2.75, 3.05) is 51.2 Å². The summed E-state index contributed by atoms with van der Waals surface area (Å²) in [6, 6.07) is 0.532. The molecule has 0 aromatic carbocycles. The Kier molecular flexibility index (Phi) is 4.77. The highest BCUT2D eigenvalue weighted by Crippen LogP contribution is 2.14. The van der Waals surface area contributed by atoms with Gasteiger partial charge in [-0.3, -0.25) is 0 Å². The molecule has 0 spiro atoms. The zero-order valence-corrected chi connectivity index (χ0v) is 13.2. The van der Waals surface area contributed by atoms with Crippen LogP contribution in [-0.2, 0) is 0 Å². The van der Waals surface area contributed by atoms with Crippen molar-refractivity contribution in [2.45, 2.75) is 25.3 Å².